The largest absolute Gasteiger partial charge is 0.482 e. The summed E-state index contributed by atoms with van der Waals surface area (Å²) in [7, 11) is -1.70. The molecule has 0 aliphatic carbocycles. The summed E-state index contributed by atoms with van der Waals surface area (Å²) in [6.07, 6.45) is 11.9. The molecule has 1 heterocycles. The molecule has 0 aromatic heterocycles. The minimum atomic E-state index is -0.854. The Balaban J connectivity index is 0.00000107. The number of para-hydroxylation sites is 1. The van der Waals surface area contributed by atoms with Crippen LogP contribution in [0.15, 0.2) is 175 Å². The van der Waals surface area contributed by atoms with Crippen molar-refractivity contribution in [3.63, 3.8) is 0 Å². The van der Waals surface area contributed by atoms with Gasteiger partial charge in [-0.05, 0) is 76.6 Å². The van der Waals surface area contributed by atoms with E-state index in [1.807, 2.05) is 26.0 Å². The van der Waals surface area contributed by atoms with Gasteiger partial charge in [-0.1, -0.05) is 184 Å². The van der Waals surface area contributed by atoms with Gasteiger partial charge in [0.1, 0.15) is 11.4 Å². The third-order valence-corrected chi connectivity index (χ3v) is 13.8. The predicted molar refractivity (Wildman–Crippen MR) is 214 cm³/mol. The summed E-state index contributed by atoms with van der Waals surface area (Å²) >= 11 is 0. The summed E-state index contributed by atoms with van der Waals surface area (Å²) in [6, 6.07) is 50.6. The van der Waals surface area contributed by atoms with Crippen LogP contribution in [0.5, 0.6) is 5.75 Å². The van der Waals surface area contributed by atoms with Gasteiger partial charge >= 0.3 is 0 Å². The van der Waals surface area contributed by atoms with Crippen LogP contribution in [-0.2, 0) is 5.41 Å². The summed E-state index contributed by atoms with van der Waals surface area (Å²) in [5.74, 6) is 1.03. The summed E-state index contributed by atoms with van der Waals surface area (Å²) < 4.78 is 7.52. The minimum absolute atomic E-state index is 0.110. The maximum Gasteiger partial charge on any atom is 0.132 e. The van der Waals surface area contributed by atoms with Crippen molar-refractivity contribution in [1.29, 1.82) is 0 Å². The number of fused-ring (bicyclic) bond motifs is 1. The molecule has 0 unspecified atom stereocenters. The maximum absolute atomic E-state index is 7.52. The lowest BCUT2D eigenvalue weighted by atomic mass is 9.80. The Labute approximate surface area is 291 Å². The van der Waals surface area contributed by atoms with Crippen LogP contribution in [0.3, 0.4) is 0 Å². The van der Waals surface area contributed by atoms with Crippen molar-refractivity contribution in [3.8, 4) is 5.75 Å². The van der Waals surface area contributed by atoms with Gasteiger partial charge in [-0.25, -0.2) is 0 Å². The van der Waals surface area contributed by atoms with E-state index in [1.165, 1.54) is 37.4 Å². The van der Waals surface area contributed by atoms with E-state index in [0.717, 1.165) is 12.2 Å². The third kappa shape index (κ3) is 8.33. The maximum atomic E-state index is 7.52. The van der Waals surface area contributed by atoms with E-state index < -0.39 is 21.4 Å². The molecule has 0 amide bonds. The highest BCUT2D eigenvalue weighted by Crippen LogP contribution is 2.51. The van der Waals surface area contributed by atoms with Crippen molar-refractivity contribution in [3.05, 3.63) is 181 Å². The van der Waals surface area contributed by atoms with Crippen molar-refractivity contribution < 1.29 is 4.74 Å². The second-order valence-corrected chi connectivity index (χ2v) is 17.4. The van der Waals surface area contributed by atoms with Gasteiger partial charge in [0, 0.05) is 16.2 Å². The molecule has 1 aliphatic heterocycles. The van der Waals surface area contributed by atoms with E-state index in [4.69, 9.17) is 4.74 Å². The molecule has 244 valence electrons. The topological polar surface area (TPSA) is 9.23 Å². The van der Waals surface area contributed by atoms with Crippen LogP contribution in [0.1, 0.15) is 53.5 Å². The number of benzene rings is 5. The van der Waals surface area contributed by atoms with Crippen LogP contribution in [-0.4, -0.2) is 5.60 Å². The van der Waals surface area contributed by atoms with Crippen LogP contribution < -0.4 is 31.3 Å². The molecule has 0 N–H and O–H groups in total. The first kappa shape index (κ1) is 35.3. The highest BCUT2D eigenvalue weighted by Gasteiger charge is 2.37. The third-order valence-electron chi connectivity index (χ3n) is 8.59. The Morgan fingerprint density at radius 1 is 0.542 bits per heavy atom. The molecule has 6 rings (SSSR count). The SMILES string of the molecule is C/C=C\C.CC1(C)Oc2c(P(c3ccccc3)c3ccccc3)cccc2C(C)(C)C/C=C\C=C/1P(c1ccccc1)c1ccccc1. The highest BCUT2D eigenvalue weighted by atomic mass is 31.1. The molecule has 0 bridgehead atoms. The lowest BCUT2D eigenvalue weighted by Gasteiger charge is -2.39. The molecule has 0 radical (unpaired) electrons. The smallest absolute Gasteiger partial charge is 0.132 e. The Morgan fingerprint density at radius 3 is 1.42 bits per heavy atom. The first-order valence-corrected chi connectivity index (χ1v) is 19.5. The lowest BCUT2D eigenvalue weighted by Crippen LogP contribution is -2.37. The Kier molecular flexibility index (Phi) is 12.1. The summed E-state index contributed by atoms with van der Waals surface area (Å²) in [5.41, 5.74) is 0.562. The van der Waals surface area contributed by atoms with Crippen molar-refractivity contribution >= 4 is 42.4 Å². The predicted octanol–water partition coefficient (Wildman–Crippen LogP) is 10.4. The zero-order valence-electron chi connectivity index (χ0n) is 29.2. The van der Waals surface area contributed by atoms with Gasteiger partial charge in [0.2, 0.25) is 0 Å². The molecule has 48 heavy (non-hydrogen) atoms. The molecule has 1 aliphatic rings. The number of hydrogen-bond donors (Lipinski definition) is 0. The quantitative estimate of drug-likeness (QED) is 0.129. The fourth-order valence-corrected chi connectivity index (χ4v) is 11.0. The van der Waals surface area contributed by atoms with Crippen LogP contribution in [0.4, 0.5) is 0 Å². The van der Waals surface area contributed by atoms with Gasteiger partial charge in [-0.3, -0.25) is 0 Å². The Bertz CT molecular complexity index is 1740. The van der Waals surface area contributed by atoms with Gasteiger partial charge < -0.3 is 4.74 Å². The van der Waals surface area contributed by atoms with Gasteiger partial charge in [0.15, 0.2) is 0 Å². The number of allylic oxidation sites excluding steroid dienone is 5. The molecular formula is C45H48OP2. The first-order valence-electron chi connectivity index (χ1n) is 16.8. The second kappa shape index (κ2) is 16.4. The lowest BCUT2D eigenvalue weighted by molar-refractivity contribution is 0.155. The zero-order valence-corrected chi connectivity index (χ0v) is 31.0. The van der Waals surface area contributed by atoms with E-state index in [1.54, 1.807) is 0 Å². The molecule has 5 aromatic rings. The fourth-order valence-electron chi connectivity index (χ4n) is 5.99. The first-order chi connectivity index (χ1) is 23.3. The van der Waals surface area contributed by atoms with E-state index in [0.29, 0.717) is 0 Å². The van der Waals surface area contributed by atoms with E-state index in [-0.39, 0.29) is 5.41 Å². The summed E-state index contributed by atoms with van der Waals surface area (Å²) in [6.45, 7) is 13.2. The second-order valence-electron chi connectivity index (χ2n) is 13.0. The van der Waals surface area contributed by atoms with Crippen molar-refractivity contribution in [2.75, 3.05) is 0 Å². The standard InChI is InChI=1S/C41H40OP2.C4H8/c1-40(2)31-18-17-30-38(44(34-24-13-7-14-25-34)35-26-15-8-16-27-35)41(3,4)42-39-36(40)28-19-29-37(39)43(32-20-9-5-10-21-32)33-22-11-6-12-23-33;1-3-4-2/h5-30H,31H2,1-4H3;3-4H,1-2H3/b18-17-,38-30+;4-3-. The van der Waals surface area contributed by atoms with E-state index in [9.17, 15) is 0 Å². The molecule has 3 heteroatoms. The molecule has 1 nitrogen and oxygen atoms in total. The van der Waals surface area contributed by atoms with Crippen LogP contribution in [0, 0.1) is 0 Å². The van der Waals surface area contributed by atoms with Crippen molar-refractivity contribution in [2.45, 2.75) is 59.0 Å². The highest BCUT2D eigenvalue weighted by molar-refractivity contribution is 7.80. The van der Waals surface area contributed by atoms with Crippen molar-refractivity contribution in [1.82, 2.24) is 0 Å². The molecular weight excluding hydrogens is 618 g/mol. The van der Waals surface area contributed by atoms with Crippen molar-refractivity contribution in [2.24, 2.45) is 0 Å². The van der Waals surface area contributed by atoms with Gasteiger partial charge in [0.05, 0.1) is 0 Å². The summed E-state index contributed by atoms with van der Waals surface area (Å²) in [4.78, 5) is 0. The van der Waals surface area contributed by atoms with Crippen LogP contribution in [0.25, 0.3) is 0 Å². The average Bonchev–Trinajstić information content (AvgIpc) is 3.11. The van der Waals surface area contributed by atoms with Crippen LogP contribution >= 0.6 is 15.8 Å². The number of rotatable bonds is 6. The van der Waals surface area contributed by atoms with E-state index in [2.05, 4.69) is 185 Å². The number of ether oxygens (including phenoxy) is 1. The molecule has 0 spiro atoms. The molecule has 5 aromatic carbocycles. The minimum Gasteiger partial charge on any atom is -0.482 e. The molecule has 0 saturated carbocycles. The Morgan fingerprint density at radius 2 is 0.979 bits per heavy atom. The Hall–Kier alpha value is -4.02. The molecule has 0 fully saturated rings. The van der Waals surface area contributed by atoms with E-state index >= 15 is 0 Å². The fraction of sp³-hybridized carbons (Fsp3) is 0.200. The zero-order chi connectivity index (χ0) is 34.0. The van der Waals surface area contributed by atoms with Gasteiger partial charge in [0.25, 0.3) is 0 Å². The number of hydrogen-bond acceptors (Lipinski definition) is 1. The average molecular weight is 667 g/mol. The normalized spacial score (nSPS) is 17.0. The molecule has 0 atom stereocenters. The van der Waals surface area contributed by atoms with Gasteiger partial charge in [-0.2, -0.15) is 0 Å². The molecule has 0 saturated heterocycles. The monoisotopic (exact) mass is 666 g/mol. The summed E-state index contributed by atoms with van der Waals surface area (Å²) in [5, 5.41) is 7.86. The van der Waals surface area contributed by atoms with Crippen LogP contribution in [0.2, 0.25) is 0 Å². The van der Waals surface area contributed by atoms with Gasteiger partial charge in [-0.15, -0.1) is 0 Å².